The highest BCUT2D eigenvalue weighted by Gasteiger charge is 2.49. The van der Waals surface area contributed by atoms with Gasteiger partial charge in [-0.25, -0.2) is 0 Å². The van der Waals surface area contributed by atoms with Crippen LogP contribution in [-0.4, -0.2) is 34.6 Å². The second kappa shape index (κ2) is 2.33. The van der Waals surface area contributed by atoms with Crippen LogP contribution in [0.1, 0.15) is 19.3 Å². The zero-order valence-corrected chi connectivity index (χ0v) is 7.05. The first-order valence-corrected chi connectivity index (χ1v) is 4.26. The molecule has 2 heterocycles. The quantitative estimate of drug-likeness (QED) is 0.571. The number of carbonyl (C=O) groups is 1. The Morgan fingerprint density at radius 1 is 1.67 bits per heavy atom. The fourth-order valence-corrected chi connectivity index (χ4v) is 2.28. The van der Waals surface area contributed by atoms with Gasteiger partial charge in [-0.2, -0.15) is 0 Å². The number of rotatable bonds is 1. The molecule has 2 aliphatic heterocycles. The smallest absolute Gasteiger partial charge is 0.223 e. The SMILES string of the molecule is C=C1CN2C(=O)CC[C@@]2(CO)C1. The zero-order chi connectivity index (χ0) is 8.77. The minimum Gasteiger partial charge on any atom is -0.394 e. The van der Waals surface area contributed by atoms with E-state index in [1.807, 2.05) is 0 Å². The van der Waals surface area contributed by atoms with E-state index in [0.717, 1.165) is 18.4 Å². The average molecular weight is 167 g/mol. The maximum Gasteiger partial charge on any atom is 0.223 e. The largest absolute Gasteiger partial charge is 0.394 e. The molecule has 1 atom stereocenters. The van der Waals surface area contributed by atoms with Gasteiger partial charge in [0.15, 0.2) is 0 Å². The molecule has 2 saturated heterocycles. The molecule has 2 aliphatic rings. The van der Waals surface area contributed by atoms with Crippen LogP contribution in [0.2, 0.25) is 0 Å². The minimum absolute atomic E-state index is 0.0811. The van der Waals surface area contributed by atoms with Crippen LogP contribution in [0.25, 0.3) is 0 Å². The maximum atomic E-state index is 11.3. The summed E-state index contributed by atoms with van der Waals surface area (Å²) in [7, 11) is 0. The zero-order valence-electron chi connectivity index (χ0n) is 7.05. The summed E-state index contributed by atoms with van der Waals surface area (Å²) in [6.45, 7) is 4.59. The molecule has 2 fully saturated rings. The molecule has 3 heteroatoms. The third kappa shape index (κ3) is 0.829. The topological polar surface area (TPSA) is 40.5 Å². The Kier molecular flexibility index (Phi) is 1.51. The van der Waals surface area contributed by atoms with Gasteiger partial charge < -0.3 is 10.0 Å². The summed E-state index contributed by atoms with van der Waals surface area (Å²) in [6.07, 6.45) is 2.17. The highest BCUT2D eigenvalue weighted by atomic mass is 16.3. The van der Waals surface area contributed by atoms with Crippen molar-refractivity contribution in [2.24, 2.45) is 0 Å². The van der Waals surface area contributed by atoms with Crippen LogP contribution in [0.5, 0.6) is 0 Å². The number of amides is 1. The third-order valence-electron chi connectivity index (χ3n) is 2.93. The lowest BCUT2D eigenvalue weighted by atomic mass is 9.94. The van der Waals surface area contributed by atoms with E-state index >= 15 is 0 Å². The van der Waals surface area contributed by atoms with E-state index < -0.39 is 0 Å². The molecule has 0 unspecified atom stereocenters. The summed E-state index contributed by atoms with van der Waals surface area (Å²) >= 11 is 0. The summed E-state index contributed by atoms with van der Waals surface area (Å²) in [4.78, 5) is 13.1. The molecule has 0 saturated carbocycles. The third-order valence-corrected chi connectivity index (χ3v) is 2.93. The van der Waals surface area contributed by atoms with Crippen molar-refractivity contribution in [2.45, 2.75) is 24.8 Å². The van der Waals surface area contributed by atoms with E-state index in [2.05, 4.69) is 6.58 Å². The summed E-state index contributed by atoms with van der Waals surface area (Å²) < 4.78 is 0. The Morgan fingerprint density at radius 3 is 3.00 bits per heavy atom. The molecule has 0 aliphatic carbocycles. The van der Waals surface area contributed by atoms with Crippen molar-refractivity contribution in [3.63, 3.8) is 0 Å². The number of aliphatic hydroxyl groups excluding tert-OH is 1. The van der Waals surface area contributed by atoms with Gasteiger partial charge in [0.2, 0.25) is 5.91 Å². The van der Waals surface area contributed by atoms with Crippen molar-refractivity contribution in [1.82, 2.24) is 4.90 Å². The van der Waals surface area contributed by atoms with Crippen LogP contribution in [0.15, 0.2) is 12.2 Å². The van der Waals surface area contributed by atoms with Crippen LogP contribution in [-0.2, 0) is 4.79 Å². The van der Waals surface area contributed by atoms with Crippen molar-refractivity contribution >= 4 is 5.91 Å². The number of aliphatic hydroxyl groups is 1. The average Bonchev–Trinajstić information content (AvgIpc) is 2.51. The van der Waals surface area contributed by atoms with Crippen molar-refractivity contribution < 1.29 is 9.90 Å². The van der Waals surface area contributed by atoms with E-state index in [0.29, 0.717) is 13.0 Å². The Bertz CT molecular complexity index is 249. The van der Waals surface area contributed by atoms with Gasteiger partial charge in [0.25, 0.3) is 0 Å². The molecule has 0 bridgehead atoms. The molecule has 1 amide bonds. The van der Waals surface area contributed by atoms with Gasteiger partial charge in [0, 0.05) is 13.0 Å². The second-order valence-corrected chi connectivity index (χ2v) is 3.79. The standard InChI is InChI=1S/C9H13NO2/c1-7-4-9(6-11)3-2-8(12)10(9)5-7/h11H,1-6H2/t9-/m0/s1. The normalized spacial score (nSPS) is 34.6. The molecule has 0 aromatic heterocycles. The van der Waals surface area contributed by atoms with E-state index in [-0.39, 0.29) is 18.1 Å². The van der Waals surface area contributed by atoms with E-state index in [1.54, 1.807) is 4.90 Å². The fraction of sp³-hybridized carbons (Fsp3) is 0.667. The molecule has 2 rings (SSSR count). The maximum absolute atomic E-state index is 11.3. The predicted octanol–water partition coefficient (Wildman–Crippen LogP) is 0.300. The van der Waals surface area contributed by atoms with Gasteiger partial charge in [0.1, 0.15) is 0 Å². The molecule has 0 aromatic rings. The lowest BCUT2D eigenvalue weighted by molar-refractivity contribution is -0.130. The number of hydrogen-bond acceptors (Lipinski definition) is 2. The molecule has 0 radical (unpaired) electrons. The highest BCUT2D eigenvalue weighted by molar-refractivity contribution is 5.81. The van der Waals surface area contributed by atoms with Crippen molar-refractivity contribution in [3.8, 4) is 0 Å². The first kappa shape index (κ1) is 7.80. The number of nitrogens with zero attached hydrogens (tertiary/aromatic N) is 1. The summed E-state index contributed by atoms with van der Waals surface area (Å²) in [6, 6.07) is 0. The number of carbonyl (C=O) groups excluding carboxylic acids is 1. The highest BCUT2D eigenvalue weighted by Crippen LogP contribution is 2.40. The van der Waals surface area contributed by atoms with E-state index in [9.17, 15) is 9.90 Å². The van der Waals surface area contributed by atoms with Crippen molar-refractivity contribution in [1.29, 1.82) is 0 Å². The molecule has 66 valence electrons. The van der Waals surface area contributed by atoms with Crippen LogP contribution in [0.3, 0.4) is 0 Å². The van der Waals surface area contributed by atoms with E-state index in [1.165, 1.54) is 0 Å². The molecule has 0 spiro atoms. The summed E-state index contributed by atoms with van der Waals surface area (Å²) in [5.74, 6) is 0.169. The van der Waals surface area contributed by atoms with E-state index in [4.69, 9.17) is 0 Å². The van der Waals surface area contributed by atoms with Gasteiger partial charge in [-0.05, 0) is 12.8 Å². The molecule has 0 aromatic carbocycles. The Balaban J connectivity index is 2.30. The van der Waals surface area contributed by atoms with Crippen molar-refractivity contribution in [3.05, 3.63) is 12.2 Å². The second-order valence-electron chi connectivity index (χ2n) is 3.79. The fourth-order valence-electron chi connectivity index (χ4n) is 2.28. The molecule has 12 heavy (non-hydrogen) atoms. The van der Waals surface area contributed by atoms with Gasteiger partial charge in [-0.1, -0.05) is 12.2 Å². The Labute approximate surface area is 71.7 Å². The Hall–Kier alpha value is -0.830. The molecule has 3 nitrogen and oxygen atoms in total. The molecular weight excluding hydrogens is 154 g/mol. The Morgan fingerprint density at radius 2 is 2.42 bits per heavy atom. The number of fused-ring (bicyclic) bond motifs is 1. The van der Waals surface area contributed by atoms with Crippen LogP contribution in [0.4, 0.5) is 0 Å². The van der Waals surface area contributed by atoms with Gasteiger partial charge >= 0.3 is 0 Å². The van der Waals surface area contributed by atoms with Crippen LogP contribution < -0.4 is 0 Å². The summed E-state index contributed by atoms with van der Waals surface area (Å²) in [5, 5.41) is 9.23. The van der Waals surface area contributed by atoms with Gasteiger partial charge in [-0.3, -0.25) is 4.79 Å². The van der Waals surface area contributed by atoms with Gasteiger partial charge in [0.05, 0.1) is 12.1 Å². The monoisotopic (exact) mass is 167 g/mol. The van der Waals surface area contributed by atoms with Gasteiger partial charge in [-0.15, -0.1) is 0 Å². The summed E-state index contributed by atoms with van der Waals surface area (Å²) in [5.41, 5.74) is 0.797. The molecular formula is C9H13NO2. The lowest BCUT2D eigenvalue weighted by Crippen LogP contribution is -2.43. The van der Waals surface area contributed by atoms with Crippen molar-refractivity contribution in [2.75, 3.05) is 13.2 Å². The molecule has 1 N–H and O–H groups in total. The predicted molar refractivity (Wildman–Crippen MR) is 44.5 cm³/mol. The lowest BCUT2D eigenvalue weighted by Gasteiger charge is -2.28. The van der Waals surface area contributed by atoms with Crippen LogP contribution >= 0.6 is 0 Å². The first-order chi connectivity index (χ1) is 5.68. The minimum atomic E-state index is -0.270. The first-order valence-electron chi connectivity index (χ1n) is 4.26. The van der Waals surface area contributed by atoms with Crippen LogP contribution in [0, 0.1) is 0 Å². The number of hydrogen-bond donors (Lipinski definition) is 1.